The maximum Gasteiger partial charge on any atom is 0.353 e. The number of rotatable bonds is 4. The highest BCUT2D eigenvalue weighted by atomic mass is 32.2. The van der Waals surface area contributed by atoms with Crippen LogP contribution in [0.15, 0.2) is 16.0 Å². The number of amides is 1. The second-order valence-corrected chi connectivity index (χ2v) is 7.13. The first-order chi connectivity index (χ1) is 9.58. The summed E-state index contributed by atoms with van der Waals surface area (Å²) in [7, 11) is 0. The molecule has 0 aliphatic carbocycles. The second-order valence-electron chi connectivity index (χ2n) is 4.18. The third kappa shape index (κ3) is 2.32. The van der Waals surface area contributed by atoms with Crippen molar-refractivity contribution in [3.05, 3.63) is 21.7 Å². The van der Waals surface area contributed by atoms with E-state index in [9.17, 15) is 14.7 Å². The van der Waals surface area contributed by atoms with Crippen LogP contribution in [0.1, 0.15) is 12.1 Å². The maximum absolute atomic E-state index is 11.6. The molecule has 7 nitrogen and oxygen atoms in total. The zero-order chi connectivity index (χ0) is 14.3. The van der Waals surface area contributed by atoms with Crippen molar-refractivity contribution in [3.63, 3.8) is 0 Å². The van der Waals surface area contributed by atoms with E-state index in [1.54, 1.807) is 5.38 Å². The fourth-order valence-electron chi connectivity index (χ4n) is 2.01. The number of aromatic nitrogens is 2. The molecule has 1 fully saturated rings. The Morgan fingerprint density at radius 2 is 2.45 bits per heavy atom. The van der Waals surface area contributed by atoms with E-state index in [-0.39, 0.29) is 17.0 Å². The smallest absolute Gasteiger partial charge is 0.353 e. The molecule has 0 aromatic carbocycles. The van der Waals surface area contributed by atoms with Crippen molar-refractivity contribution < 1.29 is 14.7 Å². The number of nitrogens with zero attached hydrogens (tertiary/aromatic N) is 3. The quantitative estimate of drug-likeness (QED) is 0.775. The van der Waals surface area contributed by atoms with Gasteiger partial charge in [-0.25, -0.2) is 4.79 Å². The first kappa shape index (κ1) is 13.9. The number of β-lactam (4-membered cyclic amide) rings is 1. The summed E-state index contributed by atoms with van der Waals surface area (Å²) in [5.74, 6) is -0.790. The predicted molar refractivity (Wildman–Crippen MR) is 76.7 cm³/mol. The molecule has 3 N–H and O–H groups in total. The molecule has 1 aromatic heterocycles. The van der Waals surface area contributed by atoms with Gasteiger partial charge in [-0.3, -0.25) is 9.69 Å². The molecule has 20 heavy (non-hydrogen) atoms. The fraction of sp³-hybridized carbons (Fsp3) is 0.400. The molecule has 2 atom stereocenters. The minimum atomic E-state index is -1.11. The molecule has 0 saturated carbocycles. The normalized spacial score (nSPS) is 25.4. The van der Waals surface area contributed by atoms with E-state index < -0.39 is 11.3 Å². The number of fused-ring (bicyclic) bond motifs is 1. The highest BCUT2D eigenvalue weighted by Gasteiger charge is 2.47. The van der Waals surface area contributed by atoms with Gasteiger partial charge in [0.05, 0.1) is 22.9 Å². The van der Waals surface area contributed by atoms with Crippen LogP contribution < -0.4 is 5.73 Å². The monoisotopic (exact) mass is 330 g/mol. The summed E-state index contributed by atoms with van der Waals surface area (Å²) in [6.07, 6.45) is 0.350. The average molecular weight is 330 g/mol. The number of carboxylic acid groups (broad SMARTS) is 1. The molecule has 3 heterocycles. The zero-order valence-corrected chi connectivity index (χ0v) is 12.5. The van der Waals surface area contributed by atoms with Gasteiger partial charge in [0.25, 0.3) is 0 Å². The van der Waals surface area contributed by atoms with Gasteiger partial charge in [0.15, 0.2) is 0 Å². The van der Waals surface area contributed by atoms with Crippen molar-refractivity contribution in [2.75, 3.05) is 0 Å². The standard InChI is InChI=1S/C10H10N4O3S3/c11-9-8(18-2-4-3-19-13-12-4)7(10(16)17)14-5(15)1-6(14)20-9/h3,6,9H,1-2,11H2,(H,16,17)/t6-,9?/m1/s1. The van der Waals surface area contributed by atoms with E-state index >= 15 is 0 Å². The zero-order valence-electron chi connectivity index (χ0n) is 10.1. The van der Waals surface area contributed by atoms with Crippen LogP contribution in [0.4, 0.5) is 0 Å². The van der Waals surface area contributed by atoms with E-state index in [2.05, 4.69) is 9.59 Å². The molecular weight excluding hydrogens is 320 g/mol. The maximum atomic E-state index is 11.6. The predicted octanol–water partition coefficient (Wildman–Crippen LogP) is 0.657. The van der Waals surface area contributed by atoms with Gasteiger partial charge in [-0.1, -0.05) is 4.49 Å². The van der Waals surface area contributed by atoms with E-state index in [1.807, 2.05) is 0 Å². The van der Waals surface area contributed by atoms with Crippen molar-refractivity contribution >= 4 is 46.9 Å². The Morgan fingerprint density at radius 3 is 3.05 bits per heavy atom. The Labute approximate surface area is 126 Å². The molecule has 106 valence electrons. The highest BCUT2D eigenvalue weighted by Crippen LogP contribution is 2.46. The first-order valence-electron chi connectivity index (χ1n) is 5.67. The highest BCUT2D eigenvalue weighted by molar-refractivity contribution is 8.06. The summed E-state index contributed by atoms with van der Waals surface area (Å²) < 4.78 is 3.75. The summed E-state index contributed by atoms with van der Waals surface area (Å²) in [6.45, 7) is 0. The number of aliphatic carboxylic acids is 1. The van der Waals surface area contributed by atoms with Crippen LogP contribution >= 0.6 is 35.1 Å². The minimum absolute atomic E-state index is 0.0192. The largest absolute Gasteiger partial charge is 0.477 e. The van der Waals surface area contributed by atoms with Gasteiger partial charge in [0.1, 0.15) is 5.70 Å². The van der Waals surface area contributed by atoms with Gasteiger partial charge in [0, 0.05) is 16.0 Å². The molecule has 2 aliphatic heterocycles. The van der Waals surface area contributed by atoms with Crippen molar-refractivity contribution in [1.82, 2.24) is 14.5 Å². The van der Waals surface area contributed by atoms with Crippen LogP contribution in [-0.2, 0) is 15.3 Å². The van der Waals surface area contributed by atoms with Crippen LogP contribution in [0.2, 0.25) is 0 Å². The van der Waals surface area contributed by atoms with E-state index in [1.165, 1.54) is 40.0 Å². The van der Waals surface area contributed by atoms with Crippen LogP contribution in [-0.4, -0.2) is 42.2 Å². The fourth-order valence-corrected chi connectivity index (χ4v) is 5.02. The van der Waals surface area contributed by atoms with E-state index in [4.69, 9.17) is 5.73 Å². The first-order valence-corrected chi connectivity index (χ1v) is 8.43. The number of carbonyl (C=O) groups is 2. The van der Waals surface area contributed by atoms with E-state index in [0.29, 0.717) is 17.1 Å². The summed E-state index contributed by atoms with van der Waals surface area (Å²) in [6, 6.07) is 0. The molecule has 2 aliphatic rings. The molecule has 3 rings (SSSR count). The lowest BCUT2D eigenvalue weighted by molar-refractivity contribution is -0.146. The Bertz CT molecular complexity index is 589. The topological polar surface area (TPSA) is 109 Å². The summed E-state index contributed by atoms with van der Waals surface area (Å²) in [5, 5.41) is 14.5. The van der Waals surface area contributed by atoms with Gasteiger partial charge < -0.3 is 10.8 Å². The van der Waals surface area contributed by atoms with E-state index in [0.717, 1.165) is 5.69 Å². The SMILES string of the molecule is NC1S[C@@H]2CC(=O)N2C(C(=O)O)=C1SCc1csnn1. The van der Waals surface area contributed by atoms with Crippen molar-refractivity contribution in [1.29, 1.82) is 0 Å². The van der Waals surface area contributed by atoms with Gasteiger partial charge in [-0.15, -0.1) is 28.6 Å². The minimum Gasteiger partial charge on any atom is -0.477 e. The molecule has 10 heteroatoms. The third-order valence-electron chi connectivity index (χ3n) is 2.93. The molecule has 1 saturated heterocycles. The number of nitrogens with two attached hydrogens (primary N) is 1. The van der Waals surface area contributed by atoms with Crippen molar-refractivity contribution in [2.45, 2.75) is 22.9 Å². The number of carbonyl (C=O) groups excluding carboxylic acids is 1. The molecule has 1 unspecified atom stereocenters. The number of hydrogen-bond acceptors (Lipinski definition) is 8. The second kappa shape index (κ2) is 5.35. The van der Waals surface area contributed by atoms with Gasteiger partial charge >= 0.3 is 5.97 Å². The number of carboxylic acids is 1. The lowest BCUT2D eigenvalue weighted by atomic mass is 10.1. The summed E-state index contributed by atoms with van der Waals surface area (Å²) >= 11 is 3.96. The number of thioether (sulfide) groups is 2. The molecule has 1 aromatic rings. The number of hydrogen-bond donors (Lipinski definition) is 2. The lowest BCUT2D eigenvalue weighted by Crippen LogP contribution is -2.56. The Balaban J connectivity index is 1.88. The molecule has 0 bridgehead atoms. The summed E-state index contributed by atoms with van der Waals surface area (Å²) in [4.78, 5) is 24.9. The van der Waals surface area contributed by atoms with Crippen molar-refractivity contribution in [2.24, 2.45) is 5.73 Å². The molecule has 0 radical (unpaired) electrons. The van der Waals surface area contributed by atoms with Gasteiger partial charge in [-0.05, 0) is 11.5 Å². The van der Waals surface area contributed by atoms with Crippen LogP contribution in [0.5, 0.6) is 0 Å². The van der Waals surface area contributed by atoms with Gasteiger partial charge in [-0.2, -0.15) is 0 Å². The average Bonchev–Trinajstić information content (AvgIpc) is 2.89. The Morgan fingerprint density at radius 1 is 1.65 bits per heavy atom. The lowest BCUT2D eigenvalue weighted by Gasteiger charge is -2.45. The summed E-state index contributed by atoms with van der Waals surface area (Å²) in [5.41, 5.74) is 6.82. The molecule has 1 amide bonds. The Hall–Kier alpha value is -1.10. The molecule has 0 spiro atoms. The van der Waals surface area contributed by atoms with Gasteiger partial charge in [0.2, 0.25) is 5.91 Å². The van der Waals surface area contributed by atoms with Crippen LogP contribution in [0, 0.1) is 0 Å². The third-order valence-corrected chi connectivity index (χ3v) is 6.05. The Kier molecular flexibility index (Phi) is 3.71. The van der Waals surface area contributed by atoms with Crippen molar-refractivity contribution in [3.8, 4) is 0 Å². The van der Waals surface area contributed by atoms with Crippen LogP contribution in [0.25, 0.3) is 0 Å². The molecular formula is C10H10N4O3S3. The van der Waals surface area contributed by atoms with Crippen LogP contribution in [0.3, 0.4) is 0 Å².